The summed E-state index contributed by atoms with van der Waals surface area (Å²) in [5.74, 6) is 0.410. The van der Waals surface area contributed by atoms with Crippen molar-refractivity contribution in [1.29, 1.82) is 0 Å². The lowest BCUT2D eigenvalue weighted by Crippen LogP contribution is -2.01. The lowest BCUT2D eigenvalue weighted by Gasteiger charge is -2.15. The molecule has 3 heteroatoms. The molecule has 2 N–H and O–H groups in total. The van der Waals surface area contributed by atoms with E-state index in [1.165, 1.54) is 0 Å². The second kappa shape index (κ2) is 4.13. The average molecular weight is 193 g/mol. The molecular formula is C11H15NO2. The third-order valence-electron chi connectivity index (χ3n) is 2.21. The average Bonchev–Trinajstić information content (AvgIpc) is 2.16. The van der Waals surface area contributed by atoms with E-state index in [2.05, 4.69) is 5.32 Å². The Morgan fingerprint density at radius 3 is 2.50 bits per heavy atom. The Kier molecular flexibility index (Phi) is 3.12. The number of rotatable bonds is 3. The molecule has 76 valence electrons. The van der Waals surface area contributed by atoms with Crippen molar-refractivity contribution in [3.8, 4) is 5.75 Å². The minimum absolute atomic E-state index is 0.178. The van der Waals surface area contributed by atoms with Gasteiger partial charge in [-0.25, -0.2) is 0 Å². The van der Waals surface area contributed by atoms with Gasteiger partial charge in [0.15, 0.2) is 6.29 Å². The highest BCUT2D eigenvalue weighted by atomic mass is 16.3. The molecule has 1 aromatic rings. The number of hydrogen-bond acceptors (Lipinski definition) is 3. The van der Waals surface area contributed by atoms with E-state index in [0.29, 0.717) is 5.56 Å². The van der Waals surface area contributed by atoms with Crippen molar-refractivity contribution in [3.63, 3.8) is 0 Å². The van der Waals surface area contributed by atoms with Gasteiger partial charge in [0, 0.05) is 18.2 Å². The maximum Gasteiger partial charge on any atom is 0.152 e. The van der Waals surface area contributed by atoms with E-state index in [1.54, 1.807) is 19.2 Å². The third-order valence-corrected chi connectivity index (χ3v) is 2.21. The summed E-state index contributed by atoms with van der Waals surface area (Å²) in [6, 6.07) is 3.17. The number of nitrogens with one attached hydrogen (secondary N) is 1. The van der Waals surface area contributed by atoms with Crippen LogP contribution in [0.3, 0.4) is 0 Å². The number of anilines is 1. The molecule has 0 atom stereocenters. The monoisotopic (exact) mass is 193 g/mol. The summed E-state index contributed by atoms with van der Waals surface area (Å²) < 4.78 is 0. The van der Waals surface area contributed by atoms with E-state index < -0.39 is 0 Å². The number of aldehydes is 1. The van der Waals surface area contributed by atoms with Crippen LogP contribution in [-0.4, -0.2) is 18.4 Å². The van der Waals surface area contributed by atoms with Gasteiger partial charge in [-0.1, -0.05) is 13.8 Å². The standard InChI is InChI=1S/C11H15NO2/c1-7(2)10-9(14)5-4-8(6-13)11(10)12-3/h4-7,12,14H,1-3H3. The molecule has 1 aromatic carbocycles. The third kappa shape index (κ3) is 1.71. The second-order valence-corrected chi connectivity index (χ2v) is 3.49. The number of benzene rings is 1. The molecule has 1 rings (SSSR count). The van der Waals surface area contributed by atoms with Crippen LogP contribution in [0.1, 0.15) is 35.7 Å². The molecule has 0 saturated heterocycles. The van der Waals surface area contributed by atoms with E-state index in [0.717, 1.165) is 17.5 Å². The first-order valence-corrected chi connectivity index (χ1v) is 4.60. The van der Waals surface area contributed by atoms with Crippen LogP contribution in [0.15, 0.2) is 12.1 Å². The second-order valence-electron chi connectivity index (χ2n) is 3.49. The van der Waals surface area contributed by atoms with Gasteiger partial charge in [-0.3, -0.25) is 4.79 Å². The minimum atomic E-state index is 0.178. The van der Waals surface area contributed by atoms with Crippen LogP contribution in [0.2, 0.25) is 0 Å². The predicted octanol–water partition coefficient (Wildman–Crippen LogP) is 2.37. The van der Waals surface area contributed by atoms with Crippen molar-refractivity contribution < 1.29 is 9.90 Å². The van der Waals surface area contributed by atoms with E-state index in [-0.39, 0.29) is 11.7 Å². The lowest BCUT2D eigenvalue weighted by molar-refractivity contribution is 0.112. The van der Waals surface area contributed by atoms with Gasteiger partial charge in [0.2, 0.25) is 0 Å². The zero-order chi connectivity index (χ0) is 10.7. The van der Waals surface area contributed by atoms with Crippen LogP contribution in [0.25, 0.3) is 0 Å². The highest BCUT2D eigenvalue weighted by molar-refractivity contribution is 5.86. The number of phenolic OH excluding ortho intramolecular Hbond substituents is 1. The molecule has 0 fully saturated rings. The summed E-state index contributed by atoms with van der Waals surface area (Å²) in [7, 11) is 1.74. The number of carbonyl (C=O) groups excluding carboxylic acids is 1. The highest BCUT2D eigenvalue weighted by Crippen LogP contribution is 2.34. The molecule has 0 heterocycles. The maximum atomic E-state index is 10.8. The molecule has 0 aromatic heterocycles. The molecule has 0 aliphatic rings. The van der Waals surface area contributed by atoms with Crippen LogP contribution in [0, 0.1) is 0 Å². The van der Waals surface area contributed by atoms with E-state index in [1.807, 2.05) is 13.8 Å². The number of carbonyl (C=O) groups is 1. The van der Waals surface area contributed by atoms with Crippen molar-refractivity contribution in [2.75, 3.05) is 12.4 Å². The van der Waals surface area contributed by atoms with Gasteiger partial charge in [-0.15, -0.1) is 0 Å². The van der Waals surface area contributed by atoms with Gasteiger partial charge in [0.1, 0.15) is 5.75 Å². The zero-order valence-corrected chi connectivity index (χ0v) is 8.66. The normalized spacial score (nSPS) is 10.3. The molecule has 0 amide bonds. The van der Waals surface area contributed by atoms with E-state index >= 15 is 0 Å². The molecule has 0 aliphatic carbocycles. The van der Waals surface area contributed by atoms with Crippen molar-refractivity contribution in [3.05, 3.63) is 23.3 Å². The van der Waals surface area contributed by atoms with E-state index in [9.17, 15) is 9.90 Å². The SMILES string of the molecule is CNc1c(C=O)ccc(O)c1C(C)C. The Morgan fingerprint density at radius 1 is 1.43 bits per heavy atom. The van der Waals surface area contributed by atoms with Gasteiger partial charge in [0.05, 0.1) is 5.69 Å². The Bertz CT molecular complexity index is 345. The number of aromatic hydroxyl groups is 1. The zero-order valence-electron chi connectivity index (χ0n) is 8.66. The molecular weight excluding hydrogens is 178 g/mol. The first kappa shape index (κ1) is 10.6. The summed E-state index contributed by atoms with van der Waals surface area (Å²) in [6.45, 7) is 3.95. The number of hydrogen-bond donors (Lipinski definition) is 2. The molecule has 0 aliphatic heterocycles. The van der Waals surface area contributed by atoms with Crippen LogP contribution in [0.4, 0.5) is 5.69 Å². The minimum Gasteiger partial charge on any atom is -0.508 e. The summed E-state index contributed by atoms with van der Waals surface area (Å²) in [5.41, 5.74) is 2.08. The summed E-state index contributed by atoms with van der Waals surface area (Å²) in [5, 5.41) is 12.6. The molecule has 0 saturated carbocycles. The maximum absolute atomic E-state index is 10.8. The largest absolute Gasteiger partial charge is 0.508 e. The van der Waals surface area contributed by atoms with Gasteiger partial charge in [-0.05, 0) is 18.1 Å². The van der Waals surface area contributed by atoms with E-state index in [4.69, 9.17) is 0 Å². The topological polar surface area (TPSA) is 49.3 Å². The first-order chi connectivity index (χ1) is 6.61. The Balaban J connectivity index is 3.42. The fourth-order valence-corrected chi connectivity index (χ4v) is 1.59. The highest BCUT2D eigenvalue weighted by Gasteiger charge is 2.14. The fraction of sp³-hybridized carbons (Fsp3) is 0.364. The summed E-state index contributed by atoms with van der Waals surface area (Å²) in [6.07, 6.45) is 0.789. The van der Waals surface area contributed by atoms with Crippen molar-refractivity contribution in [1.82, 2.24) is 0 Å². The molecule has 14 heavy (non-hydrogen) atoms. The van der Waals surface area contributed by atoms with Crippen LogP contribution in [-0.2, 0) is 0 Å². The quantitative estimate of drug-likeness (QED) is 0.724. The van der Waals surface area contributed by atoms with Crippen LogP contribution >= 0.6 is 0 Å². The van der Waals surface area contributed by atoms with Gasteiger partial charge in [-0.2, -0.15) is 0 Å². The van der Waals surface area contributed by atoms with Gasteiger partial charge >= 0.3 is 0 Å². The summed E-state index contributed by atoms with van der Waals surface area (Å²) in [4.78, 5) is 10.8. The van der Waals surface area contributed by atoms with Crippen LogP contribution in [0.5, 0.6) is 5.75 Å². The predicted molar refractivity (Wildman–Crippen MR) is 57.1 cm³/mol. The van der Waals surface area contributed by atoms with Crippen molar-refractivity contribution in [2.45, 2.75) is 19.8 Å². The van der Waals surface area contributed by atoms with Crippen molar-refractivity contribution >= 4 is 12.0 Å². The molecule has 0 unspecified atom stereocenters. The Morgan fingerprint density at radius 2 is 2.07 bits per heavy atom. The van der Waals surface area contributed by atoms with Gasteiger partial charge in [0.25, 0.3) is 0 Å². The smallest absolute Gasteiger partial charge is 0.152 e. The molecule has 0 bridgehead atoms. The number of phenols is 1. The Hall–Kier alpha value is -1.51. The van der Waals surface area contributed by atoms with Gasteiger partial charge < -0.3 is 10.4 Å². The Labute approximate surface area is 83.8 Å². The molecule has 0 radical (unpaired) electrons. The summed E-state index contributed by atoms with van der Waals surface area (Å²) >= 11 is 0. The molecule has 3 nitrogen and oxygen atoms in total. The lowest BCUT2D eigenvalue weighted by atomic mass is 9.97. The van der Waals surface area contributed by atoms with Crippen LogP contribution < -0.4 is 5.32 Å². The fourth-order valence-electron chi connectivity index (χ4n) is 1.59. The van der Waals surface area contributed by atoms with Crippen molar-refractivity contribution in [2.24, 2.45) is 0 Å². The first-order valence-electron chi connectivity index (χ1n) is 4.60. The molecule has 0 spiro atoms.